The fraction of sp³-hybridized carbons (Fsp3) is 0.333. The molecule has 1 saturated heterocycles. The van der Waals surface area contributed by atoms with Crippen LogP contribution in [0, 0.1) is 13.8 Å². The lowest BCUT2D eigenvalue weighted by atomic mass is 10.2. The van der Waals surface area contributed by atoms with Gasteiger partial charge in [0.1, 0.15) is 0 Å². The van der Waals surface area contributed by atoms with Gasteiger partial charge in [0.15, 0.2) is 0 Å². The highest BCUT2D eigenvalue weighted by Gasteiger charge is 2.27. The van der Waals surface area contributed by atoms with Crippen LogP contribution in [0.3, 0.4) is 0 Å². The van der Waals surface area contributed by atoms with Crippen LogP contribution in [0.2, 0.25) is 0 Å². The summed E-state index contributed by atoms with van der Waals surface area (Å²) in [7, 11) is -7.23. The normalized spacial score (nSPS) is 17.1. The van der Waals surface area contributed by atoms with Gasteiger partial charge in [-0.05, 0) is 62.1 Å². The monoisotopic (exact) mass is 394 g/mol. The smallest absolute Gasteiger partial charge is 0.262 e. The molecule has 26 heavy (non-hydrogen) atoms. The van der Waals surface area contributed by atoms with Crippen LogP contribution < -0.4 is 9.03 Å². The lowest BCUT2D eigenvalue weighted by Gasteiger charge is -2.28. The van der Waals surface area contributed by atoms with Crippen LogP contribution in [0.4, 0.5) is 11.4 Å². The number of rotatable bonds is 4. The first-order valence-electron chi connectivity index (χ1n) is 8.40. The van der Waals surface area contributed by atoms with Crippen LogP contribution in [-0.2, 0) is 20.0 Å². The van der Waals surface area contributed by atoms with Crippen molar-refractivity contribution in [2.24, 2.45) is 0 Å². The van der Waals surface area contributed by atoms with E-state index in [1.807, 2.05) is 13.0 Å². The van der Waals surface area contributed by atoms with E-state index in [2.05, 4.69) is 4.72 Å². The molecule has 0 amide bonds. The third-order valence-corrected chi connectivity index (χ3v) is 7.76. The third-order valence-electron chi connectivity index (χ3n) is 4.37. The highest BCUT2D eigenvalue weighted by molar-refractivity contribution is 7.93. The van der Waals surface area contributed by atoms with Gasteiger partial charge < -0.3 is 0 Å². The summed E-state index contributed by atoms with van der Waals surface area (Å²) in [5.41, 5.74) is 2.36. The van der Waals surface area contributed by atoms with Crippen LogP contribution >= 0.6 is 0 Å². The fourth-order valence-corrected chi connectivity index (χ4v) is 5.98. The number of nitrogens with one attached hydrogen (secondary N) is 1. The Morgan fingerprint density at radius 1 is 1.04 bits per heavy atom. The standard InChI is InChI=1S/C18H22N2O4S2/c1-14-6-5-7-16(12-14)19-26(23,24)18-13-17(9-8-15(18)2)20-10-3-4-11-25(20,21)22/h5-9,12-13,19H,3-4,10-11H2,1-2H3. The van der Waals surface area contributed by atoms with Crippen molar-refractivity contribution in [1.29, 1.82) is 0 Å². The number of benzene rings is 2. The molecule has 0 aromatic heterocycles. The van der Waals surface area contributed by atoms with Gasteiger partial charge in [0.2, 0.25) is 10.0 Å². The number of hydrogen-bond donors (Lipinski definition) is 1. The molecule has 0 bridgehead atoms. The second-order valence-corrected chi connectivity index (χ2v) is 10.2. The van der Waals surface area contributed by atoms with Crippen molar-refractivity contribution in [2.75, 3.05) is 21.3 Å². The maximum Gasteiger partial charge on any atom is 0.262 e. The maximum absolute atomic E-state index is 12.9. The molecular formula is C18H22N2O4S2. The van der Waals surface area contributed by atoms with E-state index in [0.29, 0.717) is 29.9 Å². The molecule has 0 atom stereocenters. The lowest BCUT2D eigenvalue weighted by Crippen LogP contribution is -2.38. The quantitative estimate of drug-likeness (QED) is 0.864. The van der Waals surface area contributed by atoms with Crippen molar-refractivity contribution >= 4 is 31.4 Å². The third kappa shape index (κ3) is 3.86. The number of hydrogen-bond acceptors (Lipinski definition) is 4. The Morgan fingerprint density at radius 2 is 1.81 bits per heavy atom. The van der Waals surface area contributed by atoms with Gasteiger partial charge in [-0.2, -0.15) is 0 Å². The summed E-state index contributed by atoms with van der Waals surface area (Å²) in [5.74, 6) is 0.0878. The van der Waals surface area contributed by atoms with Gasteiger partial charge in [0.05, 0.1) is 16.3 Å². The first kappa shape index (κ1) is 18.7. The molecule has 1 fully saturated rings. The van der Waals surface area contributed by atoms with Crippen LogP contribution in [0.5, 0.6) is 0 Å². The molecule has 1 heterocycles. The van der Waals surface area contributed by atoms with Crippen LogP contribution in [0.15, 0.2) is 47.4 Å². The molecule has 0 aliphatic carbocycles. The summed E-state index contributed by atoms with van der Waals surface area (Å²) in [5, 5.41) is 0. The maximum atomic E-state index is 12.9. The van der Waals surface area contributed by atoms with E-state index < -0.39 is 20.0 Å². The highest BCUT2D eigenvalue weighted by atomic mass is 32.2. The Kier molecular flexibility index (Phi) is 4.98. The average Bonchev–Trinajstić information content (AvgIpc) is 2.54. The molecule has 0 unspecified atom stereocenters. The second-order valence-electron chi connectivity index (χ2n) is 6.52. The predicted octanol–water partition coefficient (Wildman–Crippen LogP) is 3.03. The van der Waals surface area contributed by atoms with Gasteiger partial charge in [-0.3, -0.25) is 9.03 Å². The summed E-state index contributed by atoms with van der Waals surface area (Å²) in [6.45, 7) is 3.94. The average molecular weight is 395 g/mol. The molecule has 0 saturated carbocycles. The zero-order valence-corrected chi connectivity index (χ0v) is 16.4. The topological polar surface area (TPSA) is 83.6 Å². The minimum atomic E-state index is -3.83. The summed E-state index contributed by atoms with van der Waals surface area (Å²) in [6.07, 6.45) is 1.39. The van der Waals surface area contributed by atoms with E-state index in [1.54, 1.807) is 37.3 Å². The zero-order valence-electron chi connectivity index (χ0n) is 14.8. The van der Waals surface area contributed by atoms with Crippen molar-refractivity contribution in [3.05, 3.63) is 53.6 Å². The van der Waals surface area contributed by atoms with Gasteiger partial charge in [-0.25, -0.2) is 16.8 Å². The van der Waals surface area contributed by atoms with Gasteiger partial charge in [-0.1, -0.05) is 18.2 Å². The molecule has 140 valence electrons. The fourth-order valence-electron chi connectivity index (χ4n) is 3.03. The number of nitrogens with zero attached hydrogens (tertiary/aromatic N) is 1. The molecule has 1 aliphatic rings. The van der Waals surface area contributed by atoms with Crippen molar-refractivity contribution in [1.82, 2.24) is 0 Å². The molecule has 1 N–H and O–H groups in total. The van der Waals surface area contributed by atoms with E-state index in [4.69, 9.17) is 0 Å². The van der Waals surface area contributed by atoms with Crippen molar-refractivity contribution in [3.63, 3.8) is 0 Å². The second kappa shape index (κ2) is 6.92. The largest absolute Gasteiger partial charge is 0.280 e. The lowest BCUT2D eigenvalue weighted by molar-refractivity contribution is 0.574. The molecule has 6 nitrogen and oxygen atoms in total. The SMILES string of the molecule is Cc1cccc(NS(=O)(=O)c2cc(N3CCCCS3(=O)=O)ccc2C)c1. The predicted molar refractivity (Wildman–Crippen MR) is 104 cm³/mol. The minimum absolute atomic E-state index is 0.0808. The van der Waals surface area contributed by atoms with Crippen molar-refractivity contribution in [3.8, 4) is 0 Å². The summed E-state index contributed by atoms with van der Waals surface area (Å²) in [4.78, 5) is 0.0808. The van der Waals surface area contributed by atoms with Crippen molar-refractivity contribution < 1.29 is 16.8 Å². The molecule has 1 aliphatic heterocycles. The van der Waals surface area contributed by atoms with Crippen LogP contribution in [-0.4, -0.2) is 29.1 Å². The van der Waals surface area contributed by atoms with E-state index in [0.717, 1.165) is 12.0 Å². The van der Waals surface area contributed by atoms with Crippen LogP contribution in [0.1, 0.15) is 24.0 Å². The molecule has 8 heteroatoms. The minimum Gasteiger partial charge on any atom is -0.280 e. The molecular weight excluding hydrogens is 372 g/mol. The van der Waals surface area contributed by atoms with Crippen molar-refractivity contribution in [2.45, 2.75) is 31.6 Å². The summed E-state index contributed by atoms with van der Waals surface area (Å²) in [6, 6.07) is 11.8. The number of sulfonamides is 2. The van der Waals surface area contributed by atoms with E-state index in [1.165, 1.54) is 10.4 Å². The van der Waals surface area contributed by atoms with E-state index >= 15 is 0 Å². The zero-order chi connectivity index (χ0) is 18.9. The Balaban J connectivity index is 1.99. The highest BCUT2D eigenvalue weighted by Crippen LogP contribution is 2.29. The Labute approximate surface area is 155 Å². The van der Waals surface area contributed by atoms with Gasteiger partial charge in [0, 0.05) is 12.2 Å². The van der Waals surface area contributed by atoms with E-state index in [9.17, 15) is 16.8 Å². The summed E-state index contributed by atoms with van der Waals surface area (Å²) >= 11 is 0. The van der Waals surface area contributed by atoms with Gasteiger partial charge in [0.25, 0.3) is 10.0 Å². The number of aryl methyl sites for hydroxylation is 2. The first-order chi connectivity index (χ1) is 12.2. The Bertz CT molecular complexity index is 1030. The van der Waals surface area contributed by atoms with Gasteiger partial charge >= 0.3 is 0 Å². The number of anilines is 2. The Morgan fingerprint density at radius 3 is 2.50 bits per heavy atom. The van der Waals surface area contributed by atoms with E-state index in [-0.39, 0.29) is 10.6 Å². The molecule has 2 aromatic rings. The molecule has 0 spiro atoms. The first-order valence-corrected chi connectivity index (χ1v) is 11.5. The molecule has 2 aromatic carbocycles. The van der Waals surface area contributed by atoms with Crippen LogP contribution in [0.25, 0.3) is 0 Å². The summed E-state index contributed by atoms with van der Waals surface area (Å²) < 4.78 is 54.2. The molecule has 0 radical (unpaired) electrons. The Hall–Kier alpha value is -2.06. The molecule has 3 rings (SSSR count). The van der Waals surface area contributed by atoms with Gasteiger partial charge in [-0.15, -0.1) is 0 Å².